The molecule has 0 aliphatic carbocycles. The molecule has 9 nitrogen and oxygen atoms in total. The third kappa shape index (κ3) is 9.76. The van der Waals surface area contributed by atoms with E-state index in [1.54, 1.807) is 20.9 Å². The van der Waals surface area contributed by atoms with Crippen LogP contribution >= 0.6 is 11.8 Å². The van der Waals surface area contributed by atoms with E-state index in [0.29, 0.717) is 18.6 Å². The molecule has 0 unspecified atom stereocenters. The van der Waals surface area contributed by atoms with E-state index in [9.17, 15) is 19.5 Å². The van der Waals surface area contributed by atoms with Crippen LogP contribution < -0.4 is 5.73 Å². The van der Waals surface area contributed by atoms with Gasteiger partial charge in [-0.3, -0.25) is 19.3 Å². The van der Waals surface area contributed by atoms with Gasteiger partial charge >= 0.3 is 0 Å². The van der Waals surface area contributed by atoms with Crippen molar-refractivity contribution in [3.05, 3.63) is 0 Å². The average Bonchev–Trinajstić information content (AvgIpc) is 2.70. The number of nitrogens with two attached hydrogens (primary N) is 1. The van der Waals surface area contributed by atoms with E-state index in [0.717, 1.165) is 39.3 Å². The highest BCUT2D eigenvalue weighted by molar-refractivity contribution is 8.00. The number of nitrogens with zero attached hydrogens (tertiary/aromatic N) is 3. The molecule has 1 rings (SSSR count). The Hall–Kier alpha value is -1.36. The molecular formula is C21H40N4O5S. The summed E-state index contributed by atoms with van der Waals surface area (Å²) in [5.41, 5.74) is 4.36. The smallest absolute Gasteiger partial charge is 0.256 e. The Morgan fingerprint density at radius 2 is 1.81 bits per heavy atom. The molecule has 180 valence electrons. The number of thioether (sulfide) groups is 1. The number of ether oxygens (including phenoxy) is 1. The van der Waals surface area contributed by atoms with Gasteiger partial charge in [-0.05, 0) is 39.0 Å². The Kier molecular flexibility index (Phi) is 11.8. The van der Waals surface area contributed by atoms with E-state index < -0.39 is 22.9 Å². The van der Waals surface area contributed by atoms with Gasteiger partial charge in [0.25, 0.3) is 5.91 Å². The lowest BCUT2D eigenvalue weighted by atomic mass is 9.97. The van der Waals surface area contributed by atoms with Gasteiger partial charge in [-0.15, -0.1) is 11.8 Å². The molecular weight excluding hydrogens is 420 g/mol. The minimum Gasteiger partial charge on any atom is -0.390 e. The van der Waals surface area contributed by atoms with Crippen LogP contribution in [0, 0.1) is 0 Å². The van der Waals surface area contributed by atoms with Crippen molar-refractivity contribution < 1.29 is 24.2 Å². The Morgan fingerprint density at radius 1 is 1.19 bits per heavy atom. The van der Waals surface area contributed by atoms with Gasteiger partial charge in [-0.25, -0.2) is 0 Å². The van der Waals surface area contributed by atoms with Crippen molar-refractivity contribution in [2.75, 3.05) is 52.7 Å². The summed E-state index contributed by atoms with van der Waals surface area (Å²) in [5, 5.41) is 9.39. The number of likely N-dealkylation sites (N-methyl/N-ethyl adjacent to an activating group) is 2. The van der Waals surface area contributed by atoms with E-state index in [1.165, 1.54) is 28.6 Å². The van der Waals surface area contributed by atoms with Crippen molar-refractivity contribution in [2.45, 2.75) is 63.5 Å². The molecule has 0 aromatic carbocycles. The van der Waals surface area contributed by atoms with E-state index in [-0.39, 0.29) is 18.2 Å². The van der Waals surface area contributed by atoms with Crippen LogP contribution in [0.3, 0.4) is 0 Å². The Bertz CT molecular complexity index is 593. The molecule has 1 aliphatic rings. The van der Waals surface area contributed by atoms with Crippen LogP contribution in [0.4, 0.5) is 0 Å². The number of rotatable bonds is 13. The highest BCUT2D eigenvalue weighted by Gasteiger charge is 2.36. The molecule has 10 heteroatoms. The molecule has 3 N–H and O–H groups in total. The highest BCUT2D eigenvalue weighted by Crippen LogP contribution is 2.23. The fourth-order valence-electron chi connectivity index (χ4n) is 3.41. The van der Waals surface area contributed by atoms with Crippen LogP contribution in [0.5, 0.6) is 0 Å². The first-order valence-electron chi connectivity index (χ1n) is 10.9. The SMILES string of the molecule is CCCC(=O)N(C)[C@H](SCCCN1CCOCC1)C(=O)N(C)[C@@H](CC(C)(C)O)C(N)=O. The van der Waals surface area contributed by atoms with Gasteiger partial charge in [0.2, 0.25) is 11.8 Å². The van der Waals surface area contributed by atoms with Gasteiger partial charge in [0.1, 0.15) is 6.04 Å². The number of hydrogen-bond donors (Lipinski definition) is 2. The summed E-state index contributed by atoms with van der Waals surface area (Å²) in [6.45, 7) is 9.24. The van der Waals surface area contributed by atoms with Gasteiger partial charge in [0.15, 0.2) is 5.37 Å². The Balaban J connectivity index is 2.85. The average molecular weight is 461 g/mol. The first-order valence-corrected chi connectivity index (χ1v) is 12.0. The molecule has 0 aromatic rings. The largest absolute Gasteiger partial charge is 0.390 e. The maximum atomic E-state index is 13.3. The highest BCUT2D eigenvalue weighted by atomic mass is 32.2. The molecule has 2 atom stereocenters. The molecule has 1 fully saturated rings. The zero-order valence-electron chi connectivity index (χ0n) is 19.6. The summed E-state index contributed by atoms with van der Waals surface area (Å²) >= 11 is 1.40. The van der Waals surface area contributed by atoms with Crippen LogP contribution in [0.25, 0.3) is 0 Å². The summed E-state index contributed by atoms with van der Waals surface area (Å²) in [6, 6.07) is -0.960. The minimum atomic E-state index is -1.17. The maximum Gasteiger partial charge on any atom is 0.256 e. The summed E-state index contributed by atoms with van der Waals surface area (Å²) in [6.07, 6.45) is 1.92. The number of carbonyl (C=O) groups excluding carboxylic acids is 3. The number of hydrogen-bond acceptors (Lipinski definition) is 7. The second-order valence-corrected chi connectivity index (χ2v) is 9.86. The van der Waals surface area contributed by atoms with Gasteiger partial charge < -0.3 is 25.4 Å². The lowest BCUT2D eigenvalue weighted by molar-refractivity contribution is -0.145. The summed E-state index contributed by atoms with van der Waals surface area (Å²) < 4.78 is 5.36. The number of amides is 3. The fraction of sp³-hybridized carbons (Fsp3) is 0.857. The molecule has 3 amide bonds. The molecule has 0 saturated carbocycles. The molecule has 1 heterocycles. The molecule has 0 aromatic heterocycles. The van der Waals surface area contributed by atoms with E-state index in [4.69, 9.17) is 10.5 Å². The van der Waals surface area contributed by atoms with E-state index in [1.807, 2.05) is 6.92 Å². The van der Waals surface area contributed by atoms with E-state index >= 15 is 0 Å². The normalized spacial score (nSPS) is 17.1. The quantitative estimate of drug-likeness (QED) is 0.304. The number of carbonyl (C=O) groups is 3. The van der Waals surface area contributed by atoms with Crippen LogP contribution in [0.15, 0.2) is 0 Å². The lowest BCUT2D eigenvalue weighted by Crippen LogP contribution is -2.54. The molecule has 0 spiro atoms. The summed E-state index contributed by atoms with van der Waals surface area (Å²) in [7, 11) is 3.13. The van der Waals surface area contributed by atoms with Crippen LogP contribution in [-0.4, -0.2) is 107 Å². The van der Waals surface area contributed by atoms with Crippen molar-refractivity contribution in [2.24, 2.45) is 5.73 Å². The summed E-state index contributed by atoms with van der Waals surface area (Å²) in [5.74, 6) is -0.473. The summed E-state index contributed by atoms with van der Waals surface area (Å²) in [4.78, 5) is 42.9. The standard InChI is InChI=1S/C21H40N4O5S/c1-6-8-17(26)24(5)20(31-14-7-9-25-10-12-30-13-11-25)19(28)23(4)16(18(22)27)15-21(2,3)29/h16,20,29H,6-15H2,1-5H3,(H2,22,27)/t16-,20+/m0/s1. The number of morpholine rings is 1. The maximum absolute atomic E-state index is 13.3. The third-order valence-corrected chi connectivity index (χ3v) is 6.61. The predicted molar refractivity (Wildman–Crippen MR) is 122 cm³/mol. The molecule has 31 heavy (non-hydrogen) atoms. The van der Waals surface area contributed by atoms with Gasteiger partial charge in [0, 0.05) is 40.0 Å². The second-order valence-electron chi connectivity index (χ2n) is 8.67. The third-order valence-electron chi connectivity index (χ3n) is 5.25. The topological polar surface area (TPSA) is 116 Å². The predicted octanol–water partition coefficient (Wildman–Crippen LogP) is 0.500. The zero-order chi connectivity index (χ0) is 23.6. The van der Waals surface area contributed by atoms with Crippen molar-refractivity contribution in [3.8, 4) is 0 Å². The second kappa shape index (κ2) is 13.2. The van der Waals surface area contributed by atoms with Crippen LogP contribution in [0.2, 0.25) is 0 Å². The first-order chi connectivity index (χ1) is 14.5. The molecule has 1 aliphatic heterocycles. The van der Waals surface area contributed by atoms with Crippen molar-refractivity contribution in [1.29, 1.82) is 0 Å². The van der Waals surface area contributed by atoms with Gasteiger partial charge in [-0.2, -0.15) is 0 Å². The van der Waals surface area contributed by atoms with E-state index in [2.05, 4.69) is 4.90 Å². The fourth-order valence-corrected chi connectivity index (χ4v) is 4.58. The first kappa shape index (κ1) is 27.7. The number of primary amides is 1. The lowest BCUT2D eigenvalue weighted by Gasteiger charge is -2.35. The Labute approximate surface area is 190 Å². The monoisotopic (exact) mass is 460 g/mol. The molecule has 1 saturated heterocycles. The van der Waals surface area contributed by atoms with Gasteiger partial charge in [-0.1, -0.05) is 6.92 Å². The number of aliphatic hydroxyl groups is 1. The zero-order valence-corrected chi connectivity index (χ0v) is 20.4. The molecule has 0 bridgehead atoms. The van der Waals surface area contributed by atoms with Crippen molar-refractivity contribution in [3.63, 3.8) is 0 Å². The van der Waals surface area contributed by atoms with Gasteiger partial charge in [0.05, 0.1) is 18.8 Å². The Morgan fingerprint density at radius 3 is 2.32 bits per heavy atom. The molecule has 0 radical (unpaired) electrons. The van der Waals surface area contributed by atoms with Crippen molar-refractivity contribution >= 4 is 29.5 Å². The van der Waals surface area contributed by atoms with Crippen LogP contribution in [0.1, 0.15) is 46.5 Å². The van der Waals surface area contributed by atoms with Crippen molar-refractivity contribution in [1.82, 2.24) is 14.7 Å². The van der Waals surface area contributed by atoms with Crippen LogP contribution in [-0.2, 0) is 19.1 Å². The minimum absolute atomic E-state index is 0.0195.